The van der Waals surface area contributed by atoms with Crippen LogP contribution in [0.3, 0.4) is 0 Å². The lowest BCUT2D eigenvalue weighted by atomic mass is 9.84. The van der Waals surface area contributed by atoms with Crippen LogP contribution >= 0.6 is 0 Å². The maximum absolute atomic E-state index is 2.86. The highest BCUT2D eigenvalue weighted by atomic mass is 15.2. The lowest BCUT2D eigenvalue weighted by Gasteiger charge is -2.34. The van der Waals surface area contributed by atoms with E-state index in [1.165, 1.54) is 57.9 Å². The van der Waals surface area contributed by atoms with Gasteiger partial charge in [0, 0.05) is 12.1 Å². The molecule has 0 aromatic heterocycles. The fourth-order valence-corrected chi connectivity index (χ4v) is 3.90. The minimum absolute atomic E-state index is 0.994. The Hall–Kier alpha value is -0.0400. The molecule has 2 heterocycles. The molecule has 1 saturated carbocycles. The molecule has 1 heteroatoms. The molecule has 1 nitrogen and oxygen atoms in total. The van der Waals surface area contributed by atoms with Crippen LogP contribution in [0.4, 0.5) is 0 Å². The van der Waals surface area contributed by atoms with Crippen LogP contribution in [-0.2, 0) is 0 Å². The lowest BCUT2D eigenvalue weighted by molar-refractivity contribution is 0.147. The van der Waals surface area contributed by atoms with Crippen LogP contribution < -0.4 is 0 Å². The van der Waals surface area contributed by atoms with Gasteiger partial charge in [0.1, 0.15) is 0 Å². The third kappa shape index (κ3) is 1.41. The predicted octanol–water partition coefficient (Wildman–Crippen LogP) is 2.80. The highest BCUT2D eigenvalue weighted by molar-refractivity contribution is 4.91. The number of nitrogens with zero attached hydrogens (tertiary/aromatic N) is 1. The number of hydrogen-bond donors (Lipinski definition) is 0. The van der Waals surface area contributed by atoms with E-state index in [1.54, 1.807) is 0 Å². The summed E-state index contributed by atoms with van der Waals surface area (Å²) in [5.41, 5.74) is 0. The second kappa shape index (κ2) is 3.27. The molecular weight excluding hydrogens is 158 g/mol. The van der Waals surface area contributed by atoms with Crippen LogP contribution in [0.5, 0.6) is 0 Å². The summed E-state index contributed by atoms with van der Waals surface area (Å²) in [6.07, 6.45) is 12.1. The Balaban J connectivity index is 1.80. The maximum atomic E-state index is 2.86. The van der Waals surface area contributed by atoms with Crippen molar-refractivity contribution >= 4 is 0 Å². The summed E-state index contributed by atoms with van der Waals surface area (Å²) in [6.45, 7) is 1.42. The molecule has 0 spiro atoms. The summed E-state index contributed by atoms with van der Waals surface area (Å²) in [4.78, 5) is 2.86. The second-order valence-corrected chi connectivity index (χ2v) is 5.30. The molecule has 0 amide bonds. The van der Waals surface area contributed by atoms with Crippen molar-refractivity contribution < 1.29 is 0 Å². The monoisotopic (exact) mass is 179 g/mol. The minimum atomic E-state index is 0.994. The SMILES string of the molecule is C1CC2CCC3CCCN3C(C1)C2. The Morgan fingerprint density at radius 2 is 1.69 bits per heavy atom. The van der Waals surface area contributed by atoms with Crippen molar-refractivity contribution in [2.45, 2.75) is 63.5 Å². The van der Waals surface area contributed by atoms with Gasteiger partial charge in [-0.25, -0.2) is 0 Å². The molecule has 74 valence electrons. The lowest BCUT2D eigenvalue weighted by Crippen LogP contribution is -2.39. The normalized spacial score (nSPS) is 45.7. The molecule has 3 unspecified atom stereocenters. The van der Waals surface area contributed by atoms with Crippen molar-refractivity contribution in [2.24, 2.45) is 5.92 Å². The first-order valence-corrected chi connectivity index (χ1v) is 6.19. The van der Waals surface area contributed by atoms with Crippen LogP contribution in [0.2, 0.25) is 0 Å². The molecule has 2 bridgehead atoms. The van der Waals surface area contributed by atoms with Crippen molar-refractivity contribution in [3.63, 3.8) is 0 Å². The van der Waals surface area contributed by atoms with E-state index in [0.29, 0.717) is 0 Å². The average Bonchev–Trinajstić information content (AvgIpc) is 2.59. The first-order chi connectivity index (χ1) is 6.43. The Morgan fingerprint density at radius 1 is 0.769 bits per heavy atom. The molecule has 3 rings (SSSR count). The Morgan fingerprint density at radius 3 is 2.69 bits per heavy atom. The van der Waals surface area contributed by atoms with Gasteiger partial charge in [0.05, 0.1) is 0 Å². The third-order valence-corrected chi connectivity index (χ3v) is 4.55. The average molecular weight is 179 g/mol. The van der Waals surface area contributed by atoms with E-state index in [9.17, 15) is 0 Å². The molecule has 1 aliphatic carbocycles. The van der Waals surface area contributed by atoms with Gasteiger partial charge in [0.2, 0.25) is 0 Å². The van der Waals surface area contributed by atoms with E-state index in [-0.39, 0.29) is 0 Å². The largest absolute Gasteiger partial charge is 0.297 e. The molecule has 3 fully saturated rings. The Kier molecular flexibility index (Phi) is 2.08. The number of rotatable bonds is 0. The van der Waals surface area contributed by atoms with E-state index in [1.807, 2.05) is 0 Å². The van der Waals surface area contributed by atoms with Crippen LogP contribution in [-0.4, -0.2) is 23.5 Å². The van der Waals surface area contributed by atoms with Crippen LogP contribution in [0.1, 0.15) is 51.4 Å². The summed E-state index contributed by atoms with van der Waals surface area (Å²) in [5.74, 6) is 1.10. The smallest absolute Gasteiger partial charge is 0.0101 e. The standard InChI is InChI=1S/C12H21N/c1-3-10-6-7-11-5-2-8-13(11)12(4-1)9-10/h10-12H,1-9H2. The van der Waals surface area contributed by atoms with Crippen LogP contribution in [0.15, 0.2) is 0 Å². The highest BCUT2D eigenvalue weighted by Crippen LogP contribution is 2.39. The molecule has 2 saturated heterocycles. The van der Waals surface area contributed by atoms with Crippen molar-refractivity contribution in [1.82, 2.24) is 4.90 Å². The number of hydrogen-bond acceptors (Lipinski definition) is 1. The van der Waals surface area contributed by atoms with Gasteiger partial charge in [-0.3, -0.25) is 4.90 Å². The van der Waals surface area contributed by atoms with Gasteiger partial charge in [-0.2, -0.15) is 0 Å². The van der Waals surface area contributed by atoms with Crippen LogP contribution in [0, 0.1) is 5.92 Å². The molecule has 3 atom stereocenters. The Labute approximate surface area is 81.5 Å². The van der Waals surface area contributed by atoms with Crippen molar-refractivity contribution in [2.75, 3.05) is 6.54 Å². The summed E-state index contributed by atoms with van der Waals surface area (Å²) < 4.78 is 0. The van der Waals surface area contributed by atoms with Gasteiger partial charge in [-0.05, 0) is 51.0 Å². The fourth-order valence-electron chi connectivity index (χ4n) is 3.90. The molecule has 0 radical (unpaired) electrons. The van der Waals surface area contributed by atoms with Gasteiger partial charge in [-0.1, -0.05) is 12.8 Å². The van der Waals surface area contributed by atoms with E-state index < -0.39 is 0 Å². The maximum Gasteiger partial charge on any atom is 0.0101 e. The van der Waals surface area contributed by atoms with E-state index in [4.69, 9.17) is 0 Å². The molecule has 0 N–H and O–H groups in total. The first kappa shape index (κ1) is 8.28. The quantitative estimate of drug-likeness (QED) is 0.552. The zero-order valence-electron chi connectivity index (χ0n) is 8.54. The highest BCUT2D eigenvalue weighted by Gasteiger charge is 2.36. The predicted molar refractivity (Wildman–Crippen MR) is 54.7 cm³/mol. The molecule has 2 aliphatic heterocycles. The van der Waals surface area contributed by atoms with E-state index >= 15 is 0 Å². The van der Waals surface area contributed by atoms with E-state index in [2.05, 4.69) is 4.90 Å². The molecule has 3 aliphatic rings. The van der Waals surface area contributed by atoms with Gasteiger partial charge in [0.15, 0.2) is 0 Å². The summed E-state index contributed by atoms with van der Waals surface area (Å²) in [7, 11) is 0. The van der Waals surface area contributed by atoms with Gasteiger partial charge < -0.3 is 0 Å². The molecule has 0 aromatic carbocycles. The van der Waals surface area contributed by atoms with Crippen molar-refractivity contribution in [3.8, 4) is 0 Å². The second-order valence-electron chi connectivity index (χ2n) is 5.30. The molecular formula is C12H21N. The first-order valence-electron chi connectivity index (χ1n) is 6.19. The Bertz CT molecular complexity index is 190. The van der Waals surface area contributed by atoms with Crippen molar-refractivity contribution in [3.05, 3.63) is 0 Å². The summed E-state index contributed by atoms with van der Waals surface area (Å²) in [6, 6.07) is 1.99. The van der Waals surface area contributed by atoms with Crippen LogP contribution in [0.25, 0.3) is 0 Å². The zero-order chi connectivity index (χ0) is 8.67. The third-order valence-electron chi connectivity index (χ3n) is 4.55. The molecule has 13 heavy (non-hydrogen) atoms. The minimum Gasteiger partial charge on any atom is -0.297 e. The molecule has 0 aromatic rings. The fraction of sp³-hybridized carbons (Fsp3) is 1.00. The van der Waals surface area contributed by atoms with Gasteiger partial charge in [-0.15, -0.1) is 0 Å². The van der Waals surface area contributed by atoms with E-state index in [0.717, 1.165) is 18.0 Å². The van der Waals surface area contributed by atoms with Gasteiger partial charge in [0.25, 0.3) is 0 Å². The van der Waals surface area contributed by atoms with Crippen molar-refractivity contribution in [1.29, 1.82) is 0 Å². The number of fused-ring (bicyclic) bond motifs is 4. The summed E-state index contributed by atoms with van der Waals surface area (Å²) in [5, 5.41) is 0. The van der Waals surface area contributed by atoms with Gasteiger partial charge >= 0.3 is 0 Å². The zero-order valence-corrected chi connectivity index (χ0v) is 8.54. The topological polar surface area (TPSA) is 3.24 Å². The summed E-state index contributed by atoms with van der Waals surface area (Å²) >= 11 is 0.